The van der Waals surface area contributed by atoms with Gasteiger partial charge in [-0.05, 0) is 55.0 Å². The van der Waals surface area contributed by atoms with E-state index >= 15 is 0 Å². The average Bonchev–Trinajstić information content (AvgIpc) is 2.69. The first-order valence-electron chi connectivity index (χ1n) is 9.33. The van der Waals surface area contributed by atoms with Crippen molar-refractivity contribution in [2.45, 2.75) is 39.0 Å². The van der Waals surface area contributed by atoms with E-state index in [2.05, 4.69) is 18.3 Å². The average molecular weight is 355 g/mol. The molecule has 1 N–H and O–H groups in total. The van der Waals surface area contributed by atoms with E-state index < -0.39 is 0 Å². The summed E-state index contributed by atoms with van der Waals surface area (Å²) < 4.78 is 10.9. The summed E-state index contributed by atoms with van der Waals surface area (Å²) in [5, 5.41) is 3.00. The first kappa shape index (κ1) is 19.8. The second-order valence-corrected chi connectivity index (χ2v) is 6.26. The smallest absolute Gasteiger partial charge is 0.220 e. The normalized spacial score (nSPS) is 10.4. The molecule has 0 aromatic heterocycles. The van der Waals surface area contributed by atoms with E-state index in [9.17, 15) is 4.79 Å². The molecule has 0 unspecified atom stereocenters. The number of hydrogen-bond acceptors (Lipinski definition) is 3. The highest BCUT2D eigenvalue weighted by molar-refractivity contribution is 5.76. The molecule has 0 fully saturated rings. The number of nitrogens with one attached hydrogen (secondary N) is 1. The van der Waals surface area contributed by atoms with Crippen molar-refractivity contribution in [1.29, 1.82) is 0 Å². The Morgan fingerprint density at radius 1 is 1.04 bits per heavy atom. The minimum Gasteiger partial charge on any atom is -0.497 e. The first-order chi connectivity index (χ1) is 12.7. The Hall–Kier alpha value is -2.49. The monoisotopic (exact) mass is 355 g/mol. The van der Waals surface area contributed by atoms with E-state index in [-0.39, 0.29) is 5.91 Å². The molecule has 0 spiro atoms. The second-order valence-electron chi connectivity index (χ2n) is 6.26. The molecule has 1 amide bonds. The number of para-hydroxylation sites is 1. The van der Waals surface area contributed by atoms with Gasteiger partial charge in [0, 0.05) is 13.0 Å². The fraction of sp³-hybridized carbons (Fsp3) is 0.409. The van der Waals surface area contributed by atoms with Gasteiger partial charge in [-0.1, -0.05) is 37.3 Å². The number of hydrogen-bond donors (Lipinski definition) is 1. The number of ether oxygens (including phenoxy) is 2. The van der Waals surface area contributed by atoms with E-state index in [1.54, 1.807) is 7.11 Å². The Labute approximate surface area is 156 Å². The molecule has 140 valence electrons. The summed E-state index contributed by atoms with van der Waals surface area (Å²) in [7, 11) is 1.65. The highest BCUT2D eigenvalue weighted by atomic mass is 16.5. The van der Waals surface area contributed by atoms with E-state index in [1.165, 1.54) is 5.56 Å². The van der Waals surface area contributed by atoms with Crippen LogP contribution in [-0.2, 0) is 17.6 Å². The molecule has 0 atom stereocenters. The molecule has 2 aromatic rings. The van der Waals surface area contributed by atoms with Crippen molar-refractivity contribution in [3.63, 3.8) is 0 Å². The van der Waals surface area contributed by atoms with E-state index in [4.69, 9.17) is 9.47 Å². The van der Waals surface area contributed by atoms with Crippen LogP contribution in [-0.4, -0.2) is 26.2 Å². The molecule has 4 nitrogen and oxygen atoms in total. The fourth-order valence-corrected chi connectivity index (χ4v) is 2.71. The number of benzene rings is 2. The predicted octanol–water partition coefficient (Wildman–Crippen LogP) is 4.17. The van der Waals surface area contributed by atoms with Crippen LogP contribution < -0.4 is 14.8 Å². The molecule has 0 aliphatic heterocycles. The van der Waals surface area contributed by atoms with Gasteiger partial charge in [0.2, 0.25) is 5.91 Å². The number of carbonyl (C=O) groups excluding carboxylic acids is 1. The fourth-order valence-electron chi connectivity index (χ4n) is 2.71. The minimum absolute atomic E-state index is 0.0938. The molecule has 0 heterocycles. The van der Waals surface area contributed by atoms with Crippen molar-refractivity contribution >= 4 is 5.91 Å². The molecular weight excluding hydrogens is 326 g/mol. The molecule has 0 aliphatic carbocycles. The summed E-state index contributed by atoms with van der Waals surface area (Å²) in [5.41, 5.74) is 2.34. The molecule has 2 rings (SSSR count). The summed E-state index contributed by atoms with van der Waals surface area (Å²) >= 11 is 0. The lowest BCUT2D eigenvalue weighted by molar-refractivity contribution is -0.121. The number of carbonyl (C=O) groups is 1. The number of rotatable bonds is 11. The van der Waals surface area contributed by atoms with Crippen LogP contribution in [0.15, 0.2) is 48.5 Å². The van der Waals surface area contributed by atoms with Gasteiger partial charge in [0.25, 0.3) is 0 Å². The largest absolute Gasteiger partial charge is 0.497 e. The van der Waals surface area contributed by atoms with Crippen molar-refractivity contribution in [2.24, 2.45) is 0 Å². The lowest BCUT2D eigenvalue weighted by Gasteiger charge is -2.11. The highest BCUT2D eigenvalue weighted by Gasteiger charge is 2.05. The zero-order chi connectivity index (χ0) is 18.6. The van der Waals surface area contributed by atoms with Gasteiger partial charge in [-0.15, -0.1) is 0 Å². The Morgan fingerprint density at radius 3 is 2.54 bits per heavy atom. The quantitative estimate of drug-likeness (QED) is 0.616. The van der Waals surface area contributed by atoms with Crippen LogP contribution in [0.5, 0.6) is 11.5 Å². The Kier molecular flexibility index (Phi) is 8.53. The maximum Gasteiger partial charge on any atom is 0.220 e. The second kappa shape index (κ2) is 11.2. The third-order valence-electron chi connectivity index (χ3n) is 4.18. The van der Waals surface area contributed by atoms with Crippen LogP contribution in [0.4, 0.5) is 0 Å². The van der Waals surface area contributed by atoms with E-state index in [0.717, 1.165) is 49.4 Å². The van der Waals surface area contributed by atoms with Crippen molar-refractivity contribution in [1.82, 2.24) is 5.32 Å². The van der Waals surface area contributed by atoms with Crippen LogP contribution in [0.1, 0.15) is 37.3 Å². The van der Waals surface area contributed by atoms with Gasteiger partial charge in [0.05, 0.1) is 13.7 Å². The van der Waals surface area contributed by atoms with Crippen molar-refractivity contribution in [3.8, 4) is 11.5 Å². The van der Waals surface area contributed by atoms with Crippen LogP contribution >= 0.6 is 0 Å². The molecular formula is C22H29NO3. The Bertz CT molecular complexity index is 667. The molecule has 2 aromatic carbocycles. The Morgan fingerprint density at radius 2 is 1.81 bits per heavy atom. The summed E-state index contributed by atoms with van der Waals surface area (Å²) in [6, 6.07) is 16.0. The number of aryl methyl sites for hydroxylation is 2. The first-order valence-corrected chi connectivity index (χ1v) is 9.33. The van der Waals surface area contributed by atoms with Crippen LogP contribution in [0.2, 0.25) is 0 Å². The highest BCUT2D eigenvalue weighted by Crippen LogP contribution is 2.19. The van der Waals surface area contributed by atoms with Gasteiger partial charge in [-0.25, -0.2) is 0 Å². The van der Waals surface area contributed by atoms with Crippen molar-refractivity contribution in [3.05, 3.63) is 59.7 Å². The third kappa shape index (κ3) is 6.79. The lowest BCUT2D eigenvalue weighted by Crippen LogP contribution is -2.25. The van der Waals surface area contributed by atoms with Crippen LogP contribution in [0, 0.1) is 0 Å². The van der Waals surface area contributed by atoms with Gasteiger partial charge in [0.1, 0.15) is 11.5 Å². The number of amides is 1. The van der Waals surface area contributed by atoms with Crippen LogP contribution in [0.3, 0.4) is 0 Å². The van der Waals surface area contributed by atoms with Crippen LogP contribution in [0.25, 0.3) is 0 Å². The van der Waals surface area contributed by atoms with Crippen molar-refractivity contribution < 1.29 is 14.3 Å². The summed E-state index contributed by atoms with van der Waals surface area (Å²) in [5.74, 6) is 1.89. The zero-order valence-corrected chi connectivity index (χ0v) is 15.8. The lowest BCUT2D eigenvalue weighted by atomic mass is 10.1. The molecule has 4 heteroatoms. The third-order valence-corrected chi connectivity index (χ3v) is 4.18. The van der Waals surface area contributed by atoms with Gasteiger partial charge in [0.15, 0.2) is 0 Å². The number of methoxy groups -OCH3 is 1. The molecule has 0 aliphatic rings. The van der Waals surface area contributed by atoms with E-state index in [0.29, 0.717) is 13.0 Å². The SMILES string of the molecule is CCCOc1ccccc1CCCNC(=O)CCc1ccc(OC)cc1. The molecule has 0 saturated carbocycles. The van der Waals surface area contributed by atoms with Crippen molar-refractivity contribution in [2.75, 3.05) is 20.3 Å². The Balaban J connectivity index is 1.67. The summed E-state index contributed by atoms with van der Waals surface area (Å²) in [6.45, 7) is 3.52. The summed E-state index contributed by atoms with van der Waals surface area (Å²) in [4.78, 5) is 12.0. The molecule has 0 bridgehead atoms. The molecule has 26 heavy (non-hydrogen) atoms. The van der Waals surface area contributed by atoms with Gasteiger partial charge >= 0.3 is 0 Å². The topological polar surface area (TPSA) is 47.6 Å². The minimum atomic E-state index is 0.0938. The van der Waals surface area contributed by atoms with Gasteiger partial charge in [-0.3, -0.25) is 4.79 Å². The maximum absolute atomic E-state index is 12.0. The standard InChI is InChI=1S/C22H29NO3/c1-3-17-26-21-9-5-4-7-19(21)8-6-16-23-22(24)15-12-18-10-13-20(25-2)14-11-18/h4-5,7,9-11,13-14H,3,6,8,12,15-17H2,1-2H3,(H,23,24). The zero-order valence-electron chi connectivity index (χ0n) is 15.8. The maximum atomic E-state index is 12.0. The van der Waals surface area contributed by atoms with Gasteiger partial charge < -0.3 is 14.8 Å². The summed E-state index contributed by atoms with van der Waals surface area (Å²) in [6.07, 6.45) is 4.05. The van der Waals surface area contributed by atoms with Gasteiger partial charge in [-0.2, -0.15) is 0 Å². The predicted molar refractivity (Wildman–Crippen MR) is 105 cm³/mol. The van der Waals surface area contributed by atoms with E-state index in [1.807, 2.05) is 42.5 Å². The molecule has 0 saturated heterocycles. The molecule has 0 radical (unpaired) electrons.